The molecule has 19 heavy (non-hydrogen) atoms. The molecule has 0 bridgehead atoms. The van der Waals surface area contributed by atoms with Crippen LogP contribution in [0.5, 0.6) is 0 Å². The van der Waals surface area contributed by atoms with Gasteiger partial charge in [-0.25, -0.2) is 0 Å². The van der Waals surface area contributed by atoms with Gasteiger partial charge >= 0.3 is 0 Å². The number of rotatable bonds is 3. The van der Waals surface area contributed by atoms with Crippen LogP contribution in [0.2, 0.25) is 0 Å². The molecule has 6 nitrogen and oxygen atoms in total. The van der Waals surface area contributed by atoms with E-state index in [-0.39, 0.29) is 11.4 Å². The molecule has 96 valence electrons. The van der Waals surface area contributed by atoms with Gasteiger partial charge in [0.25, 0.3) is 11.4 Å². The third-order valence-electron chi connectivity index (χ3n) is 2.52. The third kappa shape index (κ3) is 2.76. The zero-order chi connectivity index (χ0) is 14.0. The van der Waals surface area contributed by atoms with Crippen LogP contribution < -0.4 is 0 Å². The Morgan fingerprint density at radius 3 is 2.26 bits per heavy atom. The quantitative estimate of drug-likeness (QED) is 0.632. The van der Waals surface area contributed by atoms with Gasteiger partial charge in [-0.2, -0.15) is 0 Å². The number of nitrogens with zero attached hydrogens (tertiary/aromatic N) is 2. The lowest BCUT2D eigenvalue weighted by atomic mass is 10.0. The van der Waals surface area contributed by atoms with Crippen LogP contribution in [0.3, 0.4) is 0 Å². The number of hydrogen-bond acceptors (Lipinski definition) is 4. The van der Waals surface area contributed by atoms with E-state index in [1.165, 1.54) is 12.1 Å². The monoisotopic (exact) mass is 322 g/mol. The fraction of sp³-hybridized carbons (Fsp3) is 0. The highest BCUT2D eigenvalue weighted by Gasteiger charge is 2.20. The molecule has 2 aromatic rings. The molecule has 0 aliphatic carbocycles. The number of non-ortho nitro benzene ring substituents is 1. The number of halogens is 1. The SMILES string of the molecule is O=[N+]([O-])c1ccc(-c2cccc(Br)c2)c([N+](=O)[O-])c1. The number of hydrogen-bond donors (Lipinski definition) is 0. The molecule has 0 amide bonds. The average Bonchev–Trinajstić information content (AvgIpc) is 2.37. The summed E-state index contributed by atoms with van der Waals surface area (Å²) in [5, 5.41) is 21.7. The highest BCUT2D eigenvalue weighted by atomic mass is 79.9. The first-order chi connectivity index (χ1) is 8.99. The van der Waals surface area contributed by atoms with Gasteiger partial charge in [0.2, 0.25) is 0 Å². The molecule has 0 radical (unpaired) electrons. The Bertz CT molecular complexity index is 673. The van der Waals surface area contributed by atoms with Crippen LogP contribution in [0, 0.1) is 20.2 Å². The fourth-order valence-corrected chi connectivity index (χ4v) is 2.08. The summed E-state index contributed by atoms with van der Waals surface area (Å²) in [5.74, 6) is 0. The molecule has 2 rings (SSSR count). The van der Waals surface area contributed by atoms with Crippen molar-refractivity contribution in [2.45, 2.75) is 0 Å². The van der Waals surface area contributed by atoms with E-state index in [1.54, 1.807) is 24.3 Å². The summed E-state index contributed by atoms with van der Waals surface area (Å²) in [4.78, 5) is 20.4. The summed E-state index contributed by atoms with van der Waals surface area (Å²) >= 11 is 3.28. The first-order valence-corrected chi connectivity index (χ1v) is 5.97. The molecule has 0 aliphatic rings. The molecule has 7 heteroatoms. The summed E-state index contributed by atoms with van der Waals surface area (Å²) in [6.45, 7) is 0. The minimum atomic E-state index is -0.655. The number of nitro benzene ring substituents is 2. The second-order valence-corrected chi connectivity index (χ2v) is 4.64. The summed E-state index contributed by atoms with van der Waals surface area (Å²) in [5.41, 5.74) is 0.380. The maximum absolute atomic E-state index is 11.0. The van der Waals surface area contributed by atoms with Crippen LogP contribution in [-0.4, -0.2) is 9.85 Å². The second kappa shape index (κ2) is 5.15. The van der Waals surface area contributed by atoms with Crippen molar-refractivity contribution >= 4 is 27.3 Å². The molecular weight excluding hydrogens is 316 g/mol. The smallest absolute Gasteiger partial charge is 0.258 e. The summed E-state index contributed by atoms with van der Waals surface area (Å²) in [7, 11) is 0. The lowest BCUT2D eigenvalue weighted by Crippen LogP contribution is -1.95. The Kier molecular flexibility index (Phi) is 3.57. The highest BCUT2D eigenvalue weighted by Crippen LogP contribution is 2.33. The van der Waals surface area contributed by atoms with Gasteiger partial charge in [0.1, 0.15) is 0 Å². The second-order valence-electron chi connectivity index (χ2n) is 3.73. The van der Waals surface area contributed by atoms with E-state index >= 15 is 0 Å². The molecule has 0 saturated carbocycles. The average molecular weight is 323 g/mol. The zero-order valence-electron chi connectivity index (χ0n) is 9.45. The van der Waals surface area contributed by atoms with Crippen LogP contribution >= 0.6 is 15.9 Å². The van der Waals surface area contributed by atoms with E-state index in [4.69, 9.17) is 0 Å². The molecule has 2 aromatic carbocycles. The molecule has 0 fully saturated rings. The van der Waals surface area contributed by atoms with Gasteiger partial charge in [-0.15, -0.1) is 0 Å². The molecule has 0 aromatic heterocycles. The Morgan fingerprint density at radius 1 is 0.947 bits per heavy atom. The first kappa shape index (κ1) is 13.2. The van der Waals surface area contributed by atoms with Gasteiger partial charge < -0.3 is 0 Å². The molecule has 0 unspecified atom stereocenters. The van der Waals surface area contributed by atoms with Gasteiger partial charge in [0.05, 0.1) is 21.5 Å². The highest BCUT2D eigenvalue weighted by molar-refractivity contribution is 9.10. The van der Waals surface area contributed by atoms with Crippen LogP contribution in [-0.2, 0) is 0 Å². The van der Waals surface area contributed by atoms with Crippen molar-refractivity contribution in [1.82, 2.24) is 0 Å². The summed E-state index contributed by atoms with van der Waals surface area (Å²) < 4.78 is 0.776. The summed E-state index contributed by atoms with van der Waals surface area (Å²) in [6, 6.07) is 10.6. The van der Waals surface area contributed by atoms with Gasteiger partial charge in [-0.3, -0.25) is 20.2 Å². The first-order valence-electron chi connectivity index (χ1n) is 5.18. The van der Waals surface area contributed by atoms with E-state index < -0.39 is 9.85 Å². The van der Waals surface area contributed by atoms with E-state index in [1.807, 2.05) is 0 Å². The van der Waals surface area contributed by atoms with Crippen molar-refractivity contribution in [3.05, 3.63) is 67.2 Å². The number of nitro groups is 2. The van der Waals surface area contributed by atoms with E-state index in [2.05, 4.69) is 15.9 Å². The molecule has 0 heterocycles. The predicted octanol–water partition coefficient (Wildman–Crippen LogP) is 3.93. The van der Waals surface area contributed by atoms with E-state index in [0.717, 1.165) is 10.5 Å². The topological polar surface area (TPSA) is 86.3 Å². The Labute approximate surface area is 116 Å². The summed E-state index contributed by atoms with van der Waals surface area (Å²) in [6.07, 6.45) is 0. The molecule has 0 atom stereocenters. The van der Waals surface area contributed by atoms with Gasteiger partial charge in [-0.1, -0.05) is 28.1 Å². The predicted molar refractivity (Wildman–Crippen MR) is 72.9 cm³/mol. The van der Waals surface area contributed by atoms with Gasteiger partial charge in [0, 0.05) is 10.5 Å². The van der Waals surface area contributed by atoms with Crippen LogP contribution in [0.4, 0.5) is 11.4 Å². The Hall–Kier alpha value is -2.28. The molecule has 0 saturated heterocycles. The lowest BCUT2D eigenvalue weighted by Gasteiger charge is -2.03. The Morgan fingerprint density at radius 2 is 1.68 bits per heavy atom. The van der Waals surface area contributed by atoms with Crippen molar-refractivity contribution in [3.63, 3.8) is 0 Å². The van der Waals surface area contributed by atoms with Crippen LogP contribution in [0.1, 0.15) is 0 Å². The standard InChI is InChI=1S/C12H7BrN2O4/c13-9-3-1-2-8(6-9)11-5-4-10(14(16)17)7-12(11)15(18)19/h1-7H. The van der Waals surface area contributed by atoms with E-state index in [9.17, 15) is 20.2 Å². The van der Waals surface area contributed by atoms with Crippen LogP contribution in [0.25, 0.3) is 11.1 Å². The van der Waals surface area contributed by atoms with Crippen molar-refractivity contribution in [3.8, 4) is 11.1 Å². The maximum atomic E-state index is 11.0. The maximum Gasteiger partial charge on any atom is 0.284 e. The largest absolute Gasteiger partial charge is 0.284 e. The van der Waals surface area contributed by atoms with Crippen molar-refractivity contribution in [1.29, 1.82) is 0 Å². The fourth-order valence-electron chi connectivity index (χ4n) is 1.68. The van der Waals surface area contributed by atoms with Gasteiger partial charge in [-0.05, 0) is 23.8 Å². The third-order valence-corrected chi connectivity index (χ3v) is 3.02. The molecule has 0 aliphatic heterocycles. The molecule has 0 N–H and O–H groups in total. The van der Waals surface area contributed by atoms with Gasteiger partial charge in [0.15, 0.2) is 0 Å². The number of benzene rings is 2. The molecular formula is C12H7BrN2O4. The minimum absolute atomic E-state index is 0.285. The lowest BCUT2D eigenvalue weighted by molar-refractivity contribution is -0.393. The van der Waals surface area contributed by atoms with Crippen molar-refractivity contribution < 1.29 is 9.85 Å². The Balaban J connectivity index is 2.63. The normalized spacial score (nSPS) is 10.2. The minimum Gasteiger partial charge on any atom is -0.258 e. The zero-order valence-corrected chi connectivity index (χ0v) is 11.0. The van der Waals surface area contributed by atoms with E-state index in [0.29, 0.717) is 11.1 Å². The molecule has 0 spiro atoms. The van der Waals surface area contributed by atoms with Crippen molar-refractivity contribution in [2.24, 2.45) is 0 Å². The van der Waals surface area contributed by atoms with Crippen LogP contribution in [0.15, 0.2) is 46.9 Å². The van der Waals surface area contributed by atoms with Crippen molar-refractivity contribution in [2.75, 3.05) is 0 Å².